The molecule has 0 aliphatic heterocycles. The fraction of sp³-hybridized carbons (Fsp3) is 1.00. The van der Waals surface area contributed by atoms with Crippen molar-refractivity contribution in [1.29, 1.82) is 0 Å². The van der Waals surface area contributed by atoms with E-state index in [4.69, 9.17) is 34.8 Å². The van der Waals surface area contributed by atoms with Crippen LogP contribution in [0.15, 0.2) is 0 Å². The van der Waals surface area contributed by atoms with E-state index in [2.05, 4.69) is 0 Å². The Labute approximate surface area is 65.1 Å². The molecule has 0 bridgehead atoms. The molecule has 0 aromatic carbocycles. The predicted octanol–water partition coefficient (Wildman–Crippen LogP) is 2.85. The summed E-state index contributed by atoms with van der Waals surface area (Å²) >= 11 is 16.7. The van der Waals surface area contributed by atoms with E-state index in [1.165, 1.54) is 0 Å². The maximum atomic E-state index is 5.64. The van der Waals surface area contributed by atoms with Crippen LogP contribution in [0.5, 0.6) is 0 Å². The highest BCUT2D eigenvalue weighted by Crippen LogP contribution is 2.10. The highest BCUT2D eigenvalue weighted by Gasteiger charge is 2.05. The van der Waals surface area contributed by atoms with Gasteiger partial charge in [0.25, 0.3) is 0 Å². The monoisotopic (exact) mass is 174 g/mol. The Bertz CT molecular complexity index is 53.6. The molecule has 0 saturated heterocycles. The molecule has 50 valence electrons. The molecule has 0 aliphatic carbocycles. The molecular formula is C5H9Cl3. The van der Waals surface area contributed by atoms with Gasteiger partial charge in [0.2, 0.25) is 0 Å². The summed E-state index contributed by atoms with van der Waals surface area (Å²) in [5.41, 5.74) is 0. The maximum absolute atomic E-state index is 5.64. The molecule has 0 nitrogen and oxygen atoms in total. The minimum atomic E-state index is 0.0316. The molecule has 0 heterocycles. The highest BCUT2D eigenvalue weighted by molar-refractivity contribution is 6.28. The van der Waals surface area contributed by atoms with Crippen molar-refractivity contribution in [1.82, 2.24) is 0 Å². The van der Waals surface area contributed by atoms with Gasteiger partial charge in [-0.3, -0.25) is 0 Å². The first kappa shape index (κ1) is 8.87. The minimum absolute atomic E-state index is 0.0316. The molecule has 0 amide bonds. The van der Waals surface area contributed by atoms with Crippen LogP contribution >= 0.6 is 34.8 Å². The summed E-state index contributed by atoms with van der Waals surface area (Å²) in [6.45, 7) is 1.91. The molecule has 0 aromatic rings. The van der Waals surface area contributed by atoms with Gasteiger partial charge in [0.05, 0.1) is 0 Å². The minimum Gasteiger partial charge on any atom is -0.125 e. The van der Waals surface area contributed by atoms with Crippen LogP contribution in [0.3, 0.4) is 0 Å². The lowest BCUT2D eigenvalue weighted by molar-refractivity contribution is 0.791. The molecule has 0 saturated carbocycles. The van der Waals surface area contributed by atoms with Gasteiger partial charge >= 0.3 is 0 Å². The van der Waals surface area contributed by atoms with Crippen molar-refractivity contribution in [3.05, 3.63) is 0 Å². The number of hydrogen-bond donors (Lipinski definition) is 0. The Balaban J connectivity index is 3.10. The number of alkyl halides is 3. The van der Waals surface area contributed by atoms with Gasteiger partial charge in [0, 0.05) is 16.6 Å². The van der Waals surface area contributed by atoms with E-state index in [0.717, 1.165) is 6.42 Å². The summed E-state index contributed by atoms with van der Waals surface area (Å²) in [6.07, 6.45) is 0.784. The topological polar surface area (TPSA) is 0 Å². The predicted molar refractivity (Wildman–Crippen MR) is 40.3 cm³/mol. The van der Waals surface area contributed by atoms with Crippen LogP contribution < -0.4 is 0 Å². The van der Waals surface area contributed by atoms with Crippen LogP contribution in [-0.2, 0) is 0 Å². The van der Waals surface area contributed by atoms with E-state index in [0.29, 0.717) is 5.88 Å². The van der Waals surface area contributed by atoms with Gasteiger partial charge < -0.3 is 0 Å². The lowest BCUT2D eigenvalue weighted by Crippen LogP contribution is -2.05. The zero-order valence-corrected chi connectivity index (χ0v) is 6.97. The molecule has 2 unspecified atom stereocenters. The summed E-state index contributed by atoms with van der Waals surface area (Å²) in [6, 6.07) is 0. The average Bonchev–Trinajstić information content (AvgIpc) is 1.65. The fourth-order valence-electron chi connectivity index (χ4n) is 0.415. The molecule has 0 radical (unpaired) electrons. The Hall–Kier alpha value is 0.870. The third-order valence-corrected chi connectivity index (χ3v) is 1.79. The first-order chi connectivity index (χ1) is 3.66. The maximum Gasteiger partial charge on any atom is 0.0485 e. The second kappa shape index (κ2) is 4.72. The molecule has 0 N–H and O–H groups in total. The molecule has 2 atom stereocenters. The van der Waals surface area contributed by atoms with E-state index >= 15 is 0 Å². The first-order valence-electron chi connectivity index (χ1n) is 2.51. The van der Waals surface area contributed by atoms with Crippen LogP contribution in [0.25, 0.3) is 0 Å². The second-order valence-electron chi connectivity index (χ2n) is 1.77. The molecule has 0 spiro atoms. The smallest absolute Gasteiger partial charge is 0.0485 e. The SMILES string of the molecule is CC(Cl)CC(Cl)CCl. The van der Waals surface area contributed by atoms with Gasteiger partial charge in [-0.25, -0.2) is 0 Å². The Morgan fingerprint density at radius 1 is 1.38 bits per heavy atom. The molecule has 0 fully saturated rings. The highest BCUT2D eigenvalue weighted by atomic mass is 35.5. The summed E-state index contributed by atoms with van der Waals surface area (Å²) in [5, 5.41) is 0.167. The summed E-state index contributed by atoms with van der Waals surface area (Å²) in [5.74, 6) is 0.485. The number of hydrogen-bond acceptors (Lipinski definition) is 0. The zero-order chi connectivity index (χ0) is 6.57. The van der Waals surface area contributed by atoms with Crippen LogP contribution in [0.1, 0.15) is 13.3 Å². The standard InChI is InChI=1S/C5H9Cl3/c1-4(7)2-5(8)3-6/h4-5H,2-3H2,1H3. The van der Waals surface area contributed by atoms with E-state index in [1.807, 2.05) is 6.92 Å². The third-order valence-electron chi connectivity index (χ3n) is 0.748. The largest absolute Gasteiger partial charge is 0.125 e. The first-order valence-corrected chi connectivity index (χ1v) is 3.91. The quantitative estimate of drug-likeness (QED) is 0.579. The second-order valence-corrected chi connectivity index (χ2v) is 3.44. The van der Waals surface area contributed by atoms with Crippen molar-refractivity contribution < 1.29 is 0 Å². The van der Waals surface area contributed by atoms with Crippen molar-refractivity contribution in [2.24, 2.45) is 0 Å². The number of rotatable bonds is 3. The molecular weight excluding hydrogens is 166 g/mol. The van der Waals surface area contributed by atoms with Crippen LogP contribution in [0, 0.1) is 0 Å². The van der Waals surface area contributed by atoms with E-state index in [9.17, 15) is 0 Å². The summed E-state index contributed by atoms with van der Waals surface area (Å²) in [7, 11) is 0. The Kier molecular flexibility index (Phi) is 5.23. The van der Waals surface area contributed by atoms with E-state index in [1.54, 1.807) is 0 Å². The summed E-state index contributed by atoms with van der Waals surface area (Å²) in [4.78, 5) is 0. The summed E-state index contributed by atoms with van der Waals surface area (Å²) < 4.78 is 0. The van der Waals surface area contributed by atoms with Crippen molar-refractivity contribution in [3.8, 4) is 0 Å². The van der Waals surface area contributed by atoms with Gasteiger partial charge in [-0.05, 0) is 13.3 Å². The van der Waals surface area contributed by atoms with Gasteiger partial charge in [0.1, 0.15) is 0 Å². The normalized spacial score (nSPS) is 18.0. The zero-order valence-electron chi connectivity index (χ0n) is 4.70. The number of halogens is 3. The third kappa shape index (κ3) is 5.02. The van der Waals surface area contributed by atoms with E-state index in [-0.39, 0.29) is 10.8 Å². The van der Waals surface area contributed by atoms with Gasteiger partial charge in [0.15, 0.2) is 0 Å². The molecule has 0 aromatic heterocycles. The van der Waals surface area contributed by atoms with Crippen LogP contribution in [-0.4, -0.2) is 16.6 Å². The van der Waals surface area contributed by atoms with Crippen molar-refractivity contribution in [3.63, 3.8) is 0 Å². The Morgan fingerprint density at radius 3 is 2.00 bits per heavy atom. The molecule has 0 rings (SSSR count). The lowest BCUT2D eigenvalue weighted by Gasteiger charge is -2.04. The van der Waals surface area contributed by atoms with E-state index < -0.39 is 0 Å². The lowest BCUT2D eigenvalue weighted by atomic mass is 10.3. The molecule has 3 heteroatoms. The molecule has 0 aliphatic rings. The van der Waals surface area contributed by atoms with Crippen molar-refractivity contribution >= 4 is 34.8 Å². The van der Waals surface area contributed by atoms with Crippen molar-refractivity contribution in [2.75, 3.05) is 5.88 Å². The van der Waals surface area contributed by atoms with Gasteiger partial charge in [-0.2, -0.15) is 0 Å². The molecule has 8 heavy (non-hydrogen) atoms. The fourth-order valence-corrected chi connectivity index (χ4v) is 1.11. The van der Waals surface area contributed by atoms with Crippen molar-refractivity contribution in [2.45, 2.75) is 24.1 Å². The average molecular weight is 175 g/mol. The Morgan fingerprint density at radius 2 is 1.88 bits per heavy atom. The van der Waals surface area contributed by atoms with Gasteiger partial charge in [-0.15, -0.1) is 34.8 Å². The van der Waals surface area contributed by atoms with Crippen LogP contribution in [0.2, 0.25) is 0 Å². The van der Waals surface area contributed by atoms with Gasteiger partial charge in [-0.1, -0.05) is 0 Å². The van der Waals surface area contributed by atoms with Crippen LogP contribution in [0.4, 0.5) is 0 Å².